The second-order valence-corrected chi connectivity index (χ2v) is 2.65. The average Bonchev–Trinajstić information content (AvgIpc) is 1.98. The van der Waals surface area contributed by atoms with Crippen LogP contribution in [0.5, 0.6) is 0 Å². The third-order valence-electron chi connectivity index (χ3n) is 1.83. The molecule has 0 bridgehead atoms. The standard InChI is InChI=1S/C7H18BNO2/c1-3-9(4-2)7-5-6-8(10)11/h10-11H,3-7H2,1-2H3. The number of hydrogen-bond acceptors (Lipinski definition) is 3. The average molecular weight is 159 g/mol. The molecule has 0 aliphatic carbocycles. The topological polar surface area (TPSA) is 43.7 Å². The summed E-state index contributed by atoms with van der Waals surface area (Å²) in [5.74, 6) is 0. The summed E-state index contributed by atoms with van der Waals surface area (Å²) >= 11 is 0. The molecule has 0 spiro atoms. The van der Waals surface area contributed by atoms with Crippen molar-refractivity contribution in [1.82, 2.24) is 4.90 Å². The fraction of sp³-hybridized carbons (Fsp3) is 1.00. The lowest BCUT2D eigenvalue weighted by Gasteiger charge is -2.17. The van der Waals surface area contributed by atoms with E-state index >= 15 is 0 Å². The van der Waals surface area contributed by atoms with E-state index in [1.165, 1.54) is 0 Å². The van der Waals surface area contributed by atoms with Gasteiger partial charge in [0.2, 0.25) is 0 Å². The normalized spacial score (nSPS) is 10.6. The SMILES string of the molecule is CCN(CC)CCCB(O)O. The van der Waals surface area contributed by atoms with Crippen molar-refractivity contribution in [3.8, 4) is 0 Å². The Morgan fingerprint density at radius 3 is 2.09 bits per heavy atom. The van der Waals surface area contributed by atoms with Gasteiger partial charge in [0, 0.05) is 0 Å². The Kier molecular flexibility index (Phi) is 6.61. The Balaban J connectivity index is 3.21. The third-order valence-corrected chi connectivity index (χ3v) is 1.83. The van der Waals surface area contributed by atoms with Gasteiger partial charge in [0.1, 0.15) is 0 Å². The molecule has 0 saturated heterocycles. The van der Waals surface area contributed by atoms with Crippen LogP contribution >= 0.6 is 0 Å². The molecule has 2 N–H and O–H groups in total. The molecule has 66 valence electrons. The summed E-state index contributed by atoms with van der Waals surface area (Å²) in [5, 5.41) is 17.1. The van der Waals surface area contributed by atoms with Crippen LogP contribution in [-0.4, -0.2) is 41.7 Å². The number of nitrogens with zero attached hydrogens (tertiary/aromatic N) is 1. The summed E-state index contributed by atoms with van der Waals surface area (Å²) in [7, 11) is -1.13. The lowest BCUT2D eigenvalue weighted by Crippen LogP contribution is -2.25. The first-order valence-electron chi connectivity index (χ1n) is 4.29. The predicted molar refractivity (Wildman–Crippen MR) is 47.4 cm³/mol. The van der Waals surface area contributed by atoms with E-state index in [9.17, 15) is 0 Å². The van der Waals surface area contributed by atoms with E-state index in [2.05, 4.69) is 18.7 Å². The van der Waals surface area contributed by atoms with E-state index < -0.39 is 7.12 Å². The van der Waals surface area contributed by atoms with Crippen LogP contribution in [0.25, 0.3) is 0 Å². The monoisotopic (exact) mass is 159 g/mol. The Hall–Kier alpha value is -0.0551. The van der Waals surface area contributed by atoms with E-state index in [-0.39, 0.29) is 0 Å². The molecule has 0 radical (unpaired) electrons. The molecule has 0 aliphatic heterocycles. The zero-order chi connectivity index (χ0) is 8.69. The van der Waals surface area contributed by atoms with Crippen LogP contribution in [0, 0.1) is 0 Å². The highest BCUT2D eigenvalue weighted by atomic mass is 16.4. The van der Waals surface area contributed by atoms with Crippen LogP contribution in [0.3, 0.4) is 0 Å². The maximum atomic E-state index is 8.55. The fourth-order valence-electron chi connectivity index (χ4n) is 1.04. The molecule has 0 amide bonds. The van der Waals surface area contributed by atoms with Gasteiger partial charge in [-0.15, -0.1) is 0 Å². The quantitative estimate of drug-likeness (QED) is 0.543. The number of rotatable bonds is 6. The van der Waals surface area contributed by atoms with Crippen LogP contribution in [0.4, 0.5) is 0 Å². The fourth-order valence-corrected chi connectivity index (χ4v) is 1.04. The van der Waals surface area contributed by atoms with Gasteiger partial charge >= 0.3 is 7.12 Å². The smallest absolute Gasteiger partial charge is 0.427 e. The molecule has 0 fully saturated rings. The van der Waals surface area contributed by atoms with E-state index in [0.717, 1.165) is 26.1 Å². The van der Waals surface area contributed by atoms with Crippen molar-refractivity contribution in [3.63, 3.8) is 0 Å². The molecule has 11 heavy (non-hydrogen) atoms. The van der Waals surface area contributed by atoms with E-state index in [1.54, 1.807) is 0 Å². The summed E-state index contributed by atoms with van der Waals surface area (Å²) in [6, 6.07) is 0. The third kappa shape index (κ3) is 6.35. The molecule has 0 atom stereocenters. The van der Waals surface area contributed by atoms with Crippen molar-refractivity contribution in [3.05, 3.63) is 0 Å². The Bertz CT molecular complexity index is 86.5. The van der Waals surface area contributed by atoms with Gasteiger partial charge in [-0.2, -0.15) is 0 Å². The van der Waals surface area contributed by atoms with E-state index in [4.69, 9.17) is 10.0 Å². The van der Waals surface area contributed by atoms with Crippen molar-refractivity contribution < 1.29 is 10.0 Å². The first kappa shape index (κ1) is 10.9. The minimum atomic E-state index is -1.13. The second-order valence-electron chi connectivity index (χ2n) is 2.65. The predicted octanol–water partition coefficient (Wildman–Crippen LogP) is 0.191. The van der Waals surface area contributed by atoms with Gasteiger partial charge in [-0.1, -0.05) is 13.8 Å². The molecular formula is C7H18BNO2. The van der Waals surface area contributed by atoms with Gasteiger partial charge < -0.3 is 14.9 Å². The minimum Gasteiger partial charge on any atom is -0.427 e. The Morgan fingerprint density at radius 2 is 1.73 bits per heavy atom. The summed E-state index contributed by atoms with van der Waals surface area (Å²) in [6.45, 7) is 7.26. The lowest BCUT2D eigenvalue weighted by atomic mass is 9.84. The Morgan fingerprint density at radius 1 is 1.18 bits per heavy atom. The van der Waals surface area contributed by atoms with Gasteiger partial charge in [-0.05, 0) is 32.4 Å². The van der Waals surface area contributed by atoms with E-state index in [1.807, 2.05) is 0 Å². The summed E-state index contributed by atoms with van der Waals surface area (Å²) in [5.41, 5.74) is 0. The second kappa shape index (κ2) is 6.64. The van der Waals surface area contributed by atoms with Gasteiger partial charge in [-0.25, -0.2) is 0 Å². The maximum Gasteiger partial charge on any atom is 0.451 e. The van der Waals surface area contributed by atoms with Gasteiger partial charge in [0.05, 0.1) is 0 Å². The minimum absolute atomic E-state index is 0.483. The molecular weight excluding hydrogens is 141 g/mol. The molecule has 3 nitrogen and oxygen atoms in total. The van der Waals surface area contributed by atoms with Crippen molar-refractivity contribution in [1.29, 1.82) is 0 Å². The van der Waals surface area contributed by atoms with Crippen LogP contribution in [0.2, 0.25) is 6.32 Å². The molecule has 0 unspecified atom stereocenters. The molecule has 0 aliphatic rings. The highest BCUT2D eigenvalue weighted by molar-refractivity contribution is 6.40. The highest BCUT2D eigenvalue weighted by Crippen LogP contribution is 1.96. The van der Waals surface area contributed by atoms with Crippen LogP contribution in [0.15, 0.2) is 0 Å². The Labute approximate surface area is 69.2 Å². The first-order valence-corrected chi connectivity index (χ1v) is 4.29. The highest BCUT2D eigenvalue weighted by Gasteiger charge is 2.06. The van der Waals surface area contributed by atoms with Gasteiger partial charge in [0.25, 0.3) is 0 Å². The first-order chi connectivity index (χ1) is 5.20. The van der Waals surface area contributed by atoms with Crippen LogP contribution < -0.4 is 0 Å². The summed E-state index contributed by atoms with van der Waals surface area (Å²) in [4.78, 5) is 2.27. The van der Waals surface area contributed by atoms with Crippen molar-refractivity contribution in [2.24, 2.45) is 0 Å². The molecule has 0 heterocycles. The number of hydrogen-bond donors (Lipinski definition) is 2. The molecule has 0 aromatic heterocycles. The molecule has 0 rings (SSSR count). The van der Waals surface area contributed by atoms with E-state index in [0.29, 0.717) is 6.32 Å². The van der Waals surface area contributed by atoms with Crippen molar-refractivity contribution in [2.45, 2.75) is 26.6 Å². The molecule has 4 heteroatoms. The zero-order valence-electron chi connectivity index (χ0n) is 7.45. The van der Waals surface area contributed by atoms with Gasteiger partial charge in [-0.3, -0.25) is 0 Å². The van der Waals surface area contributed by atoms with Gasteiger partial charge in [0.15, 0.2) is 0 Å². The van der Waals surface area contributed by atoms with Crippen LogP contribution in [0.1, 0.15) is 20.3 Å². The molecule has 0 aromatic carbocycles. The summed E-state index contributed by atoms with van der Waals surface area (Å²) < 4.78 is 0. The lowest BCUT2D eigenvalue weighted by molar-refractivity contribution is 0.299. The van der Waals surface area contributed by atoms with Crippen molar-refractivity contribution >= 4 is 7.12 Å². The van der Waals surface area contributed by atoms with Crippen molar-refractivity contribution in [2.75, 3.05) is 19.6 Å². The molecule has 0 saturated carbocycles. The van der Waals surface area contributed by atoms with Crippen LogP contribution in [-0.2, 0) is 0 Å². The largest absolute Gasteiger partial charge is 0.451 e. The molecule has 0 aromatic rings. The zero-order valence-corrected chi connectivity index (χ0v) is 7.45. The maximum absolute atomic E-state index is 8.55. The summed E-state index contributed by atoms with van der Waals surface area (Å²) in [6.07, 6.45) is 1.34.